The molecule has 3 rings (SSSR count). The first kappa shape index (κ1) is 19.6. The number of rotatable bonds is 6. The third-order valence-corrected chi connectivity index (χ3v) is 4.10. The van der Waals surface area contributed by atoms with Crippen molar-refractivity contribution in [3.8, 4) is 17.1 Å². The van der Waals surface area contributed by atoms with E-state index in [0.717, 1.165) is 11.3 Å². The van der Waals surface area contributed by atoms with E-state index in [2.05, 4.69) is 10.6 Å². The number of hydrogen-bond donors (Lipinski definition) is 3. The van der Waals surface area contributed by atoms with Crippen LogP contribution in [0.25, 0.3) is 11.3 Å². The molecule has 1 aromatic heterocycles. The Morgan fingerprint density at radius 2 is 1.79 bits per heavy atom. The number of carbonyl (C=O) groups excluding carboxylic acids is 1. The summed E-state index contributed by atoms with van der Waals surface area (Å²) in [4.78, 5) is 12.3. The van der Waals surface area contributed by atoms with Gasteiger partial charge in [0.1, 0.15) is 23.9 Å². The second-order valence-corrected chi connectivity index (χ2v) is 6.28. The largest absolute Gasteiger partial charge is 0.494 e. The van der Waals surface area contributed by atoms with Crippen molar-refractivity contribution in [2.75, 3.05) is 11.9 Å². The molecule has 0 unspecified atom stereocenters. The van der Waals surface area contributed by atoms with Crippen LogP contribution in [0.5, 0.6) is 5.75 Å². The highest BCUT2D eigenvalue weighted by molar-refractivity contribution is 7.80. The Kier molecular flexibility index (Phi) is 6.41. The molecule has 0 saturated heterocycles. The van der Waals surface area contributed by atoms with Crippen molar-refractivity contribution in [3.05, 3.63) is 72.0 Å². The predicted molar refractivity (Wildman–Crippen MR) is 111 cm³/mol. The molecule has 1 amide bonds. The lowest BCUT2D eigenvalue weighted by Gasteiger charge is -2.10. The molecule has 6 nitrogen and oxygen atoms in total. The molecule has 144 valence electrons. The van der Waals surface area contributed by atoms with Crippen molar-refractivity contribution in [1.82, 2.24) is 5.32 Å². The Morgan fingerprint density at radius 3 is 2.39 bits per heavy atom. The normalized spacial score (nSPS) is 10.4. The summed E-state index contributed by atoms with van der Waals surface area (Å²) in [5.41, 5.74) is 2.09. The number of benzene rings is 2. The maximum atomic E-state index is 12.3. The van der Waals surface area contributed by atoms with E-state index in [1.54, 1.807) is 36.4 Å². The van der Waals surface area contributed by atoms with Gasteiger partial charge in [0, 0.05) is 16.8 Å². The molecule has 2 aromatic carbocycles. The van der Waals surface area contributed by atoms with Crippen LogP contribution in [0.15, 0.2) is 65.1 Å². The number of furan rings is 1. The maximum Gasteiger partial charge on any atom is 0.257 e. The molecule has 28 heavy (non-hydrogen) atoms. The lowest BCUT2D eigenvalue weighted by molar-refractivity contribution is 0.0977. The van der Waals surface area contributed by atoms with Crippen LogP contribution < -0.4 is 15.4 Å². The standard InChI is InChI=1S/C21H20N2O4S/c1-2-26-17-9-5-15(6-10-17)20(25)23-21(28)22-16-7-3-14(4-8-16)19-12-11-18(13-24)27-19/h3-12,24H,2,13H2,1H3,(H2,22,23,25,28). The van der Waals surface area contributed by atoms with E-state index >= 15 is 0 Å². The molecule has 0 aliphatic carbocycles. The van der Waals surface area contributed by atoms with Crippen molar-refractivity contribution in [2.24, 2.45) is 0 Å². The molecule has 7 heteroatoms. The van der Waals surface area contributed by atoms with Crippen molar-refractivity contribution in [2.45, 2.75) is 13.5 Å². The third kappa shape index (κ3) is 4.97. The van der Waals surface area contributed by atoms with Crippen LogP contribution in [-0.2, 0) is 6.61 Å². The molecule has 0 atom stereocenters. The maximum absolute atomic E-state index is 12.3. The summed E-state index contributed by atoms with van der Waals surface area (Å²) < 4.78 is 10.9. The fourth-order valence-electron chi connectivity index (χ4n) is 2.54. The second kappa shape index (κ2) is 9.16. The average Bonchev–Trinajstić information content (AvgIpc) is 3.18. The van der Waals surface area contributed by atoms with E-state index in [0.29, 0.717) is 29.4 Å². The smallest absolute Gasteiger partial charge is 0.257 e. The predicted octanol–water partition coefficient (Wildman–Crippen LogP) is 3.96. The molecule has 0 fully saturated rings. The summed E-state index contributed by atoms with van der Waals surface area (Å²) >= 11 is 5.21. The fraction of sp³-hybridized carbons (Fsp3) is 0.143. The Hall–Kier alpha value is -3.16. The molecule has 0 spiro atoms. The van der Waals surface area contributed by atoms with Gasteiger partial charge in [-0.15, -0.1) is 0 Å². The number of carbonyl (C=O) groups is 1. The van der Waals surface area contributed by atoms with E-state index in [-0.39, 0.29) is 17.6 Å². The fourth-order valence-corrected chi connectivity index (χ4v) is 2.75. The van der Waals surface area contributed by atoms with Gasteiger partial charge in [0.05, 0.1) is 6.61 Å². The highest BCUT2D eigenvalue weighted by Crippen LogP contribution is 2.23. The lowest BCUT2D eigenvalue weighted by atomic mass is 10.1. The highest BCUT2D eigenvalue weighted by atomic mass is 32.1. The van der Waals surface area contributed by atoms with E-state index < -0.39 is 0 Å². The van der Waals surface area contributed by atoms with Gasteiger partial charge in [-0.05, 0) is 79.8 Å². The van der Waals surface area contributed by atoms with Crippen molar-refractivity contribution in [1.29, 1.82) is 0 Å². The summed E-state index contributed by atoms with van der Waals surface area (Å²) in [7, 11) is 0. The number of aliphatic hydroxyl groups excluding tert-OH is 1. The first-order chi connectivity index (χ1) is 13.6. The number of aliphatic hydroxyl groups is 1. The minimum Gasteiger partial charge on any atom is -0.494 e. The number of amides is 1. The van der Waals surface area contributed by atoms with Crippen LogP contribution in [0.4, 0.5) is 5.69 Å². The second-order valence-electron chi connectivity index (χ2n) is 5.87. The van der Waals surface area contributed by atoms with Gasteiger partial charge < -0.3 is 19.6 Å². The van der Waals surface area contributed by atoms with Gasteiger partial charge >= 0.3 is 0 Å². The van der Waals surface area contributed by atoms with E-state index in [1.807, 2.05) is 31.2 Å². The molecular weight excluding hydrogens is 376 g/mol. The quantitative estimate of drug-likeness (QED) is 0.547. The number of anilines is 1. The van der Waals surface area contributed by atoms with Gasteiger partial charge in [0.2, 0.25) is 0 Å². The first-order valence-corrected chi connectivity index (χ1v) is 9.15. The van der Waals surface area contributed by atoms with Crippen molar-refractivity contribution >= 4 is 28.9 Å². The van der Waals surface area contributed by atoms with E-state index in [1.165, 1.54) is 0 Å². The zero-order chi connectivity index (χ0) is 19.9. The van der Waals surface area contributed by atoms with E-state index in [9.17, 15) is 4.79 Å². The molecular formula is C21H20N2O4S. The highest BCUT2D eigenvalue weighted by Gasteiger charge is 2.09. The van der Waals surface area contributed by atoms with Crippen LogP contribution in [0, 0.1) is 0 Å². The third-order valence-electron chi connectivity index (χ3n) is 3.90. The van der Waals surface area contributed by atoms with Crippen LogP contribution >= 0.6 is 12.2 Å². The van der Waals surface area contributed by atoms with Gasteiger partial charge in [-0.2, -0.15) is 0 Å². The molecule has 0 saturated carbocycles. The molecule has 3 N–H and O–H groups in total. The minimum absolute atomic E-state index is 0.137. The minimum atomic E-state index is -0.302. The molecule has 0 aliphatic heterocycles. The van der Waals surface area contributed by atoms with E-state index in [4.69, 9.17) is 26.5 Å². The molecule has 0 aliphatic rings. The summed E-state index contributed by atoms with van der Waals surface area (Å²) in [5.74, 6) is 1.59. The monoisotopic (exact) mass is 396 g/mol. The molecule has 1 heterocycles. The zero-order valence-corrected chi connectivity index (χ0v) is 16.1. The Bertz CT molecular complexity index is 949. The van der Waals surface area contributed by atoms with Crippen LogP contribution in [0.1, 0.15) is 23.0 Å². The van der Waals surface area contributed by atoms with Gasteiger partial charge in [-0.1, -0.05) is 0 Å². The average molecular weight is 396 g/mol. The molecule has 0 bridgehead atoms. The summed E-state index contributed by atoms with van der Waals surface area (Å²) in [6.45, 7) is 2.33. The van der Waals surface area contributed by atoms with Gasteiger partial charge in [-0.3, -0.25) is 10.1 Å². The zero-order valence-electron chi connectivity index (χ0n) is 15.3. The lowest BCUT2D eigenvalue weighted by Crippen LogP contribution is -2.34. The number of thiocarbonyl (C=S) groups is 1. The first-order valence-electron chi connectivity index (χ1n) is 8.74. The summed E-state index contributed by atoms with van der Waals surface area (Å²) in [6.07, 6.45) is 0. The summed E-state index contributed by atoms with van der Waals surface area (Å²) in [5, 5.41) is 14.9. The van der Waals surface area contributed by atoms with Gasteiger partial charge in [0.15, 0.2) is 5.11 Å². The summed E-state index contributed by atoms with van der Waals surface area (Å²) in [6, 6.07) is 17.7. The Labute approximate surface area is 168 Å². The number of nitrogens with one attached hydrogen (secondary N) is 2. The van der Waals surface area contributed by atoms with Crippen LogP contribution in [-0.4, -0.2) is 22.7 Å². The molecule has 3 aromatic rings. The Morgan fingerprint density at radius 1 is 1.07 bits per heavy atom. The van der Waals surface area contributed by atoms with Crippen LogP contribution in [0.3, 0.4) is 0 Å². The Balaban J connectivity index is 1.57. The van der Waals surface area contributed by atoms with Gasteiger partial charge in [0.25, 0.3) is 5.91 Å². The molecule has 0 radical (unpaired) electrons. The van der Waals surface area contributed by atoms with Crippen LogP contribution in [0.2, 0.25) is 0 Å². The van der Waals surface area contributed by atoms with Crippen molar-refractivity contribution < 1.29 is 19.1 Å². The SMILES string of the molecule is CCOc1ccc(C(=O)NC(=S)Nc2ccc(-c3ccc(CO)o3)cc2)cc1. The topological polar surface area (TPSA) is 83.7 Å². The van der Waals surface area contributed by atoms with Crippen molar-refractivity contribution in [3.63, 3.8) is 0 Å². The van der Waals surface area contributed by atoms with Gasteiger partial charge in [-0.25, -0.2) is 0 Å². The number of hydrogen-bond acceptors (Lipinski definition) is 5. The number of ether oxygens (including phenoxy) is 1.